The number of hydrogen-bond acceptors (Lipinski definition) is 4. The highest BCUT2D eigenvalue weighted by Crippen LogP contribution is 2.35. The van der Waals surface area contributed by atoms with Gasteiger partial charge in [0.05, 0.1) is 5.69 Å². The van der Waals surface area contributed by atoms with Crippen LogP contribution in [0.2, 0.25) is 0 Å². The first-order valence-electron chi connectivity index (χ1n) is 6.13. The van der Waals surface area contributed by atoms with Crippen molar-refractivity contribution in [2.75, 3.05) is 23.8 Å². The van der Waals surface area contributed by atoms with Crippen LogP contribution in [0.5, 0.6) is 0 Å². The average molecular weight is 375 g/mol. The summed E-state index contributed by atoms with van der Waals surface area (Å²) in [6.45, 7) is 2.26. The lowest BCUT2D eigenvalue weighted by Gasteiger charge is -2.03. The monoisotopic (exact) mass is 374 g/mol. The Labute approximate surface area is 132 Å². The van der Waals surface area contributed by atoms with E-state index in [-0.39, 0.29) is 5.91 Å². The molecule has 20 heavy (non-hydrogen) atoms. The molecule has 3 N–H and O–H groups in total. The molecule has 0 aliphatic carbocycles. The number of fused-ring (bicyclic) bond motifs is 1. The van der Waals surface area contributed by atoms with E-state index in [1.54, 1.807) is 0 Å². The van der Waals surface area contributed by atoms with E-state index < -0.39 is 10.8 Å². The molecule has 0 saturated heterocycles. The normalized spacial score (nSPS) is 12.5. The van der Waals surface area contributed by atoms with Crippen LogP contribution in [0.25, 0.3) is 10.1 Å². The molecule has 1 heterocycles. The van der Waals surface area contributed by atoms with E-state index in [1.807, 2.05) is 25.1 Å². The second-order valence-electron chi connectivity index (χ2n) is 4.17. The van der Waals surface area contributed by atoms with Gasteiger partial charge in [-0.05, 0) is 12.1 Å². The summed E-state index contributed by atoms with van der Waals surface area (Å²) in [6.07, 6.45) is 0. The number of thiophene rings is 1. The van der Waals surface area contributed by atoms with Crippen LogP contribution < -0.4 is 11.1 Å². The summed E-state index contributed by atoms with van der Waals surface area (Å²) in [6, 6.07) is 5.74. The van der Waals surface area contributed by atoms with Crippen LogP contribution in [0.15, 0.2) is 22.7 Å². The number of nitrogen functional groups attached to an aromatic ring is 1. The second-order valence-corrected chi connectivity index (χ2v) is 8.01. The topological polar surface area (TPSA) is 72.2 Å². The van der Waals surface area contributed by atoms with Crippen molar-refractivity contribution in [1.29, 1.82) is 0 Å². The van der Waals surface area contributed by atoms with Gasteiger partial charge in [0.25, 0.3) is 5.91 Å². The third-order valence-corrected chi connectivity index (χ3v) is 5.80. The fourth-order valence-corrected chi connectivity index (χ4v) is 3.97. The molecule has 2 rings (SSSR count). The molecule has 0 fully saturated rings. The maximum absolute atomic E-state index is 12.1. The first-order chi connectivity index (χ1) is 9.52. The molecule has 0 aliphatic rings. The Balaban J connectivity index is 2.14. The quantitative estimate of drug-likeness (QED) is 0.844. The number of nitrogens with one attached hydrogen (secondary N) is 1. The van der Waals surface area contributed by atoms with Crippen molar-refractivity contribution < 1.29 is 9.00 Å². The molecule has 0 bridgehead atoms. The van der Waals surface area contributed by atoms with Crippen LogP contribution in [-0.2, 0) is 10.8 Å². The van der Waals surface area contributed by atoms with E-state index in [1.165, 1.54) is 11.3 Å². The average Bonchev–Trinajstić information content (AvgIpc) is 2.75. The molecule has 1 aromatic heterocycles. The Hall–Kier alpha value is -0.920. The highest BCUT2D eigenvalue weighted by atomic mass is 79.9. The fraction of sp³-hybridized carbons (Fsp3) is 0.308. The second kappa shape index (κ2) is 6.69. The van der Waals surface area contributed by atoms with E-state index in [9.17, 15) is 9.00 Å². The molecule has 1 unspecified atom stereocenters. The standard InChI is InChI=1S/C13H15BrN2O2S2/c1-2-20(18)6-5-16-13(17)12-11(15)9-4-3-8(14)7-10(9)19-12/h3-4,7H,2,5-6,15H2,1H3,(H,16,17). The molecular formula is C13H15BrN2O2S2. The highest BCUT2D eigenvalue weighted by molar-refractivity contribution is 9.10. The van der Waals surface area contributed by atoms with Gasteiger partial charge in [0.15, 0.2) is 0 Å². The van der Waals surface area contributed by atoms with Crippen LogP contribution in [0.1, 0.15) is 16.6 Å². The highest BCUT2D eigenvalue weighted by Gasteiger charge is 2.16. The lowest BCUT2D eigenvalue weighted by molar-refractivity contribution is 0.0961. The predicted octanol–water partition coefficient (Wildman–Crippen LogP) is 2.74. The van der Waals surface area contributed by atoms with Gasteiger partial charge >= 0.3 is 0 Å². The summed E-state index contributed by atoms with van der Waals surface area (Å²) in [7, 11) is -0.872. The van der Waals surface area contributed by atoms with Gasteiger partial charge in [-0.15, -0.1) is 11.3 Å². The van der Waals surface area contributed by atoms with Crippen molar-refractivity contribution in [3.63, 3.8) is 0 Å². The van der Waals surface area contributed by atoms with E-state index in [0.717, 1.165) is 14.6 Å². The SMILES string of the molecule is CCS(=O)CCNC(=O)c1sc2cc(Br)ccc2c1N. The number of amides is 1. The molecule has 0 aliphatic heterocycles. The molecule has 0 radical (unpaired) electrons. The molecule has 108 valence electrons. The smallest absolute Gasteiger partial charge is 0.263 e. The first-order valence-corrected chi connectivity index (χ1v) is 9.23. The van der Waals surface area contributed by atoms with Crippen LogP contribution >= 0.6 is 27.3 Å². The molecule has 0 spiro atoms. The summed E-state index contributed by atoms with van der Waals surface area (Å²) in [5, 5.41) is 3.66. The number of rotatable bonds is 5. The number of halogens is 1. The predicted molar refractivity (Wildman–Crippen MR) is 89.8 cm³/mol. The van der Waals surface area contributed by atoms with Crippen molar-refractivity contribution in [2.45, 2.75) is 6.92 Å². The number of benzene rings is 1. The molecular weight excluding hydrogens is 360 g/mol. The Kier molecular flexibility index (Phi) is 5.17. The van der Waals surface area contributed by atoms with E-state index in [0.29, 0.717) is 28.6 Å². The van der Waals surface area contributed by atoms with Gasteiger partial charge in [0, 0.05) is 43.4 Å². The minimum atomic E-state index is -0.872. The lowest BCUT2D eigenvalue weighted by Crippen LogP contribution is -2.27. The largest absolute Gasteiger partial charge is 0.397 e. The van der Waals surface area contributed by atoms with Crippen molar-refractivity contribution >= 4 is 59.7 Å². The van der Waals surface area contributed by atoms with E-state index in [2.05, 4.69) is 21.2 Å². The molecule has 7 heteroatoms. The van der Waals surface area contributed by atoms with Gasteiger partial charge in [-0.3, -0.25) is 9.00 Å². The van der Waals surface area contributed by atoms with Crippen molar-refractivity contribution in [3.8, 4) is 0 Å². The van der Waals surface area contributed by atoms with Crippen LogP contribution in [-0.4, -0.2) is 28.2 Å². The third kappa shape index (κ3) is 3.39. The number of hydrogen-bond donors (Lipinski definition) is 2. The number of nitrogens with two attached hydrogens (primary N) is 1. The van der Waals surface area contributed by atoms with Crippen LogP contribution in [0.3, 0.4) is 0 Å². The van der Waals surface area contributed by atoms with E-state index in [4.69, 9.17) is 5.73 Å². The van der Waals surface area contributed by atoms with Gasteiger partial charge in [-0.2, -0.15) is 0 Å². The summed E-state index contributed by atoms with van der Waals surface area (Å²) >= 11 is 4.77. The third-order valence-electron chi connectivity index (χ3n) is 2.83. The zero-order valence-electron chi connectivity index (χ0n) is 10.9. The first kappa shape index (κ1) is 15.5. The summed E-state index contributed by atoms with van der Waals surface area (Å²) in [5.74, 6) is 0.876. The number of carbonyl (C=O) groups excluding carboxylic acids is 1. The van der Waals surface area contributed by atoms with Gasteiger partial charge in [0.2, 0.25) is 0 Å². The Morgan fingerprint density at radius 2 is 2.25 bits per heavy atom. The maximum atomic E-state index is 12.1. The van der Waals surface area contributed by atoms with Crippen molar-refractivity contribution in [2.24, 2.45) is 0 Å². The fourth-order valence-electron chi connectivity index (χ4n) is 1.76. The number of anilines is 1. The van der Waals surface area contributed by atoms with Gasteiger partial charge in [-0.25, -0.2) is 0 Å². The zero-order chi connectivity index (χ0) is 14.7. The maximum Gasteiger partial charge on any atom is 0.263 e. The van der Waals surface area contributed by atoms with Gasteiger partial charge in [0.1, 0.15) is 4.88 Å². The molecule has 2 aromatic rings. The number of carbonyl (C=O) groups is 1. The molecule has 1 aromatic carbocycles. The van der Waals surface area contributed by atoms with Crippen molar-refractivity contribution in [3.05, 3.63) is 27.5 Å². The van der Waals surface area contributed by atoms with Gasteiger partial charge < -0.3 is 11.1 Å². The minimum absolute atomic E-state index is 0.201. The Bertz CT molecular complexity index is 670. The zero-order valence-corrected chi connectivity index (χ0v) is 14.2. The molecule has 1 amide bonds. The molecule has 4 nitrogen and oxygen atoms in total. The molecule has 0 saturated carbocycles. The minimum Gasteiger partial charge on any atom is -0.397 e. The molecule has 1 atom stereocenters. The Morgan fingerprint density at radius 1 is 1.50 bits per heavy atom. The van der Waals surface area contributed by atoms with Crippen molar-refractivity contribution in [1.82, 2.24) is 5.32 Å². The van der Waals surface area contributed by atoms with E-state index >= 15 is 0 Å². The van der Waals surface area contributed by atoms with Crippen LogP contribution in [0, 0.1) is 0 Å². The lowest BCUT2D eigenvalue weighted by atomic mass is 10.2. The van der Waals surface area contributed by atoms with Crippen LogP contribution in [0.4, 0.5) is 5.69 Å². The summed E-state index contributed by atoms with van der Waals surface area (Å²) in [5.41, 5.74) is 6.53. The Morgan fingerprint density at radius 3 is 2.95 bits per heavy atom. The summed E-state index contributed by atoms with van der Waals surface area (Å²) in [4.78, 5) is 12.6. The van der Waals surface area contributed by atoms with Gasteiger partial charge in [-0.1, -0.05) is 28.9 Å². The summed E-state index contributed by atoms with van der Waals surface area (Å²) < 4.78 is 13.2.